The van der Waals surface area contributed by atoms with E-state index < -0.39 is 32.7 Å². The largest absolute Gasteiger partial charge is 0.474 e. The zero-order valence-electron chi connectivity index (χ0n) is 18.4. The maximum absolute atomic E-state index is 13.0. The fourth-order valence-corrected chi connectivity index (χ4v) is 5.99. The molecule has 9 nitrogen and oxygen atoms in total. The second kappa shape index (κ2) is 8.36. The summed E-state index contributed by atoms with van der Waals surface area (Å²) in [6.45, 7) is 2.28. The van der Waals surface area contributed by atoms with Gasteiger partial charge in [-0.1, -0.05) is 6.07 Å². The second-order valence-electron chi connectivity index (χ2n) is 8.81. The van der Waals surface area contributed by atoms with E-state index in [2.05, 4.69) is 20.6 Å². The molecule has 1 aromatic heterocycles. The number of anilines is 1. The van der Waals surface area contributed by atoms with Gasteiger partial charge in [0.25, 0.3) is 5.91 Å². The third kappa shape index (κ3) is 4.17. The van der Waals surface area contributed by atoms with E-state index in [0.717, 1.165) is 24.0 Å². The standard InChI is InChI=1S/C22H26FN5O4S/c1-21(2)20(24)28-22(13-33(21,30)31)7-3-4-14-5-6-15(10-16(14)22)27-19(29)17-11-26-18(12-25-17)32-9-8-23/h5-6,10-12H,3-4,7-9,13H2,1-2H3,(H2,24,28)(H,27,29)/t22-/m0/s1. The molecule has 11 heteroatoms. The molecule has 2 aromatic rings. The summed E-state index contributed by atoms with van der Waals surface area (Å²) >= 11 is 0. The van der Waals surface area contributed by atoms with E-state index in [1.165, 1.54) is 12.4 Å². The van der Waals surface area contributed by atoms with Crippen molar-refractivity contribution in [2.24, 2.45) is 0 Å². The number of carbonyl (C=O) groups excluding carboxylic acids is 1. The first-order valence-electron chi connectivity index (χ1n) is 10.6. The molecule has 1 spiro atoms. The smallest absolute Gasteiger partial charge is 0.275 e. The molecular formula is C22H26FN5O4S. The van der Waals surface area contributed by atoms with Crippen LogP contribution in [0.4, 0.5) is 10.1 Å². The monoisotopic (exact) mass is 475 g/mol. The van der Waals surface area contributed by atoms with Gasteiger partial charge >= 0.3 is 0 Å². The number of hydrogen-bond donors (Lipinski definition) is 3. The van der Waals surface area contributed by atoms with Crippen LogP contribution in [0.1, 0.15) is 48.3 Å². The quantitative estimate of drug-likeness (QED) is 0.604. The van der Waals surface area contributed by atoms with Gasteiger partial charge in [0.15, 0.2) is 9.84 Å². The van der Waals surface area contributed by atoms with Crippen molar-refractivity contribution in [1.29, 1.82) is 5.41 Å². The van der Waals surface area contributed by atoms with E-state index in [-0.39, 0.29) is 29.8 Å². The van der Waals surface area contributed by atoms with Crippen molar-refractivity contribution in [2.75, 3.05) is 24.4 Å². The lowest BCUT2D eigenvalue weighted by Crippen LogP contribution is -2.65. The molecule has 1 saturated heterocycles. The summed E-state index contributed by atoms with van der Waals surface area (Å²) in [6, 6.07) is 5.41. The minimum absolute atomic E-state index is 0.0265. The first kappa shape index (κ1) is 23.1. The first-order chi connectivity index (χ1) is 15.6. The summed E-state index contributed by atoms with van der Waals surface area (Å²) in [4.78, 5) is 20.6. The zero-order valence-corrected chi connectivity index (χ0v) is 19.3. The van der Waals surface area contributed by atoms with Gasteiger partial charge in [0.2, 0.25) is 5.88 Å². The van der Waals surface area contributed by atoms with Gasteiger partial charge in [0.05, 0.1) is 23.7 Å². The summed E-state index contributed by atoms with van der Waals surface area (Å²) in [5.74, 6) is -0.523. The number of benzene rings is 1. The van der Waals surface area contributed by atoms with Gasteiger partial charge in [-0.3, -0.25) is 10.2 Å². The highest BCUT2D eigenvalue weighted by Gasteiger charge is 2.53. The third-order valence-electron chi connectivity index (χ3n) is 6.30. The highest BCUT2D eigenvalue weighted by atomic mass is 32.2. The Balaban J connectivity index is 1.60. The van der Waals surface area contributed by atoms with Gasteiger partial charge in [-0.05, 0) is 56.4 Å². The zero-order chi connectivity index (χ0) is 23.9. The van der Waals surface area contributed by atoms with Crippen LogP contribution in [-0.2, 0) is 21.8 Å². The Morgan fingerprint density at radius 1 is 1.30 bits per heavy atom. The van der Waals surface area contributed by atoms with Crippen molar-refractivity contribution >= 4 is 27.3 Å². The van der Waals surface area contributed by atoms with Crippen LogP contribution in [0, 0.1) is 5.41 Å². The van der Waals surface area contributed by atoms with Crippen molar-refractivity contribution in [3.63, 3.8) is 0 Å². The molecule has 33 heavy (non-hydrogen) atoms. The summed E-state index contributed by atoms with van der Waals surface area (Å²) in [5.41, 5.74) is 1.39. The van der Waals surface area contributed by atoms with Gasteiger partial charge in [-0.2, -0.15) is 0 Å². The molecule has 0 unspecified atom stereocenters. The SMILES string of the molecule is CC1(C)C(=N)N[C@@]2(CCCc3ccc(NC(=O)c4cnc(OCCF)cn4)cc32)CS1(=O)=O. The number of nitrogens with one attached hydrogen (secondary N) is 3. The molecule has 3 N–H and O–H groups in total. The molecule has 2 heterocycles. The lowest BCUT2D eigenvalue weighted by Gasteiger charge is -2.47. The second-order valence-corrected chi connectivity index (χ2v) is 11.3. The lowest BCUT2D eigenvalue weighted by atomic mass is 9.76. The van der Waals surface area contributed by atoms with E-state index in [9.17, 15) is 17.6 Å². The fourth-order valence-electron chi connectivity index (χ4n) is 4.25. The highest BCUT2D eigenvalue weighted by Crippen LogP contribution is 2.42. The van der Waals surface area contributed by atoms with Crippen molar-refractivity contribution in [3.8, 4) is 5.88 Å². The number of halogens is 1. The predicted molar refractivity (Wildman–Crippen MR) is 121 cm³/mol. The van der Waals surface area contributed by atoms with Gasteiger partial charge in [-0.25, -0.2) is 22.8 Å². The Morgan fingerprint density at radius 3 is 2.76 bits per heavy atom. The average Bonchev–Trinajstić information content (AvgIpc) is 2.77. The summed E-state index contributed by atoms with van der Waals surface area (Å²) in [6.07, 6.45) is 4.63. The molecule has 176 valence electrons. The molecule has 0 saturated carbocycles. The minimum Gasteiger partial charge on any atom is -0.474 e. The normalized spacial score (nSPS) is 22.8. The lowest BCUT2D eigenvalue weighted by molar-refractivity contribution is 0.102. The Morgan fingerprint density at radius 2 is 2.09 bits per heavy atom. The molecule has 1 atom stereocenters. The number of carbonyl (C=O) groups is 1. The number of nitrogens with zero attached hydrogens (tertiary/aromatic N) is 2. The number of alkyl halides is 1. The molecular weight excluding hydrogens is 449 g/mol. The van der Waals surface area contributed by atoms with Gasteiger partial charge < -0.3 is 15.4 Å². The van der Waals surface area contributed by atoms with Crippen molar-refractivity contribution in [1.82, 2.24) is 15.3 Å². The number of sulfone groups is 1. The molecule has 1 aliphatic carbocycles. The topological polar surface area (TPSA) is 134 Å². The molecule has 1 fully saturated rings. The average molecular weight is 476 g/mol. The van der Waals surface area contributed by atoms with Crippen LogP contribution in [0.5, 0.6) is 5.88 Å². The maximum atomic E-state index is 13.0. The Hall–Kier alpha value is -3.08. The number of hydrogen-bond acceptors (Lipinski definition) is 7. The van der Waals surface area contributed by atoms with E-state index in [4.69, 9.17) is 10.1 Å². The number of ether oxygens (including phenoxy) is 1. The number of aryl methyl sites for hydroxylation is 1. The van der Waals surface area contributed by atoms with Crippen molar-refractivity contribution in [3.05, 3.63) is 47.4 Å². The molecule has 1 aliphatic heterocycles. The molecule has 4 rings (SSSR count). The van der Waals surface area contributed by atoms with Gasteiger partial charge in [0.1, 0.15) is 29.6 Å². The van der Waals surface area contributed by atoms with E-state index in [1.807, 2.05) is 6.07 Å². The van der Waals surface area contributed by atoms with E-state index >= 15 is 0 Å². The minimum atomic E-state index is -3.58. The van der Waals surface area contributed by atoms with E-state index in [1.54, 1.807) is 26.0 Å². The number of rotatable bonds is 5. The number of amidine groups is 1. The molecule has 2 aliphatic rings. The molecule has 1 amide bonds. The van der Waals surface area contributed by atoms with Gasteiger partial charge in [-0.15, -0.1) is 0 Å². The first-order valence-corrected chi connectivity index (χ1v) is 12.3. The van der Waals surface area contributed by atoms with Crippen molar-refractivity contribution < 1.29 is 22.3 Å². The molecule has 1 aromatic carbocycles. The molecule has 0 bridgehead atoms. The summed E-state index contributed by atoms with van der Waals surface area (Å²) < 4.78 is 42.0. The van der Waals surface area contributed by atoms with Crippen LogP contribution < -0.4 is 15.4 Å². The Kier molecular flexibility index (Phi) is 5.85. The number of aromatic nitrogens is 2. The van der Waals surface area contributed by atoms with Crippen LogP contribution in [0.3, 0.4) is 0 Å². The maximum Gasteiger partial charge on any atom is 0.275 e. The summed E-state index contributed by atoms with van der Waals surface area (Å²) in [7, 11) is -3.58. The van der Waals surface area contributed by atoms with Crippen LogP contribution >= 0.6 is 0 Å². The third-order valence-corrected chi connectivity index (χ3v) is 8.93. The van der Waals surface area contributed by atoms with Crippen LogP contribution in [0.2, 0.25) is 0 Å². The Bertz CT molecular complexity index is 1200. The van der Waals surface area contributed by atoms with E-state index in [0.29, 0.717) is 12.1 Å². The highest BCUT2D eigenvalue weighted by molar-refractivity contribution is 7.93. The predicted octanol–water partition coefficient (Wildman–Crippen LogP) is 2.38. The molecule has 0 radical (unpaired) electrons. The van der Waals surface area contributed by atoms with Crippen LogP contribution in [0.25, 0.3) is 0 Å². The number of amides is 1. The Labute approximate surface area is 191 Å². The summed E-state index contributed by atoms with van der Waals surface area (Å²) in [5, 5.41) is 14.3. The van der Waals surface area contributed by atoms with Crippen LogP contribution in [0.15, 0.2) is 30.6 Å². The van der Waals surface area contributed by atoms with Crippen molar-refractivity contribution in [2.45, 2.75) is 43.4 Å². The van der Waals surface area contributed by atoms with Gasteiger partial charge in [0, 0.05) is 5.69 Å². The van der Waals surface area contributed by atoms with Crippen LogP contribution in [-0.4, -0.2) is 53.9 Å². The number of fused-ring (bicyclic) bond motifs is 2. The fraction of sp³-hybridized carbons (Fsp3) is 0.455.